The Morgan fingerprint density at radius 2 is 1.40 bits per heavy atom. The average Bonchev–Trinajstić information content (AvgIpc) is 3.29. The maximum Gasteiger partial charge on any atom is 0.203 e. The fourth-order valence-corrected chi connectivity index (χ4v) is 5.46. The van der Waals surface area contributed by atoms with Gasteiger partial charge >= 0.3 is 0 Å². The SMILES string of the molecule is COc1ccc(-c2sc3cc(OC)ccc3c2C(=O)C(C)c2ccc(OC)c(OC)c2OC)cc1. The number of fused-ring (bicyclic) bond motifs is 1. The number of benzene rings is 3. The molecule has 4 rings (SSSR count). The van der Waals surface area contributed by atoms with Crippen molar-refractivity contribution in [1.82, 2.24) is 0 Å². The highest BCUT2D eigenvalue weighted by Crippen LogP contribution is 2.46. The van der Waals surface area contributed by atoms with E-state index in [0.29, 0.717) is 22.8 Å². The number of ether oxygens (including phenoxy) is 5. The largest absolute Gasteiger partial charge is 0.497 e. The predicted octanol–water partition coefficient (Wildman–Crippen LogP) is 6.60. The van der Waals surface area contributed by atoms with Crippen LogP contribution in [0.15, 0.2) is 54.6 Å². The van der Waals surface area contributed by atoms with Crippen molar-refractivity contribution < 1.29 is 28.5 Å². The minimum Gasteiger partial charge on any atom is -0.497 e. The molecule has 6 nitrogen and oxygen atoms in total. The fourth-order valence-electron chi connectivity index (χ4n) is 4.22. The van der Waals surface area contributed by atoms with Crippen molar-refractivity contribution in [3.8, 4) is 39.2 Å². The molecule has 0 amide bonds. The van der Waals surface area contributed by atoms with Crippen molar-refractivity contribution >= 4 is 27.2 Å². The van der Waals surface area contributed by atoms with Gasteiger partial charge in [0.15, 0.2) is 17.3 Å². The molecular formula is C28H28O6S. The molecule has 0 bridgehead atoms. The first kappa shape index (κ1) is 24.4. The van der Waals surface area contributed by atoms with E-state index >= 15 is 0 Å². The number of thiophene rings is 1. The van der Waals surface area contributed by atoms with Crippen molar-refractivity contribution in [3.05, 3.63) is 65.7 Å². The summed E-state index contributed by atoms with van der Waals surface area (Å²) in [4.78, 5) is 15.0. The molecule has 0 aliphatic rings. The normalized spacial score (nSPS) is 11.7. The number of carbonyl (C=O) groups excluding carboxylic acids is 1. The summed E-state index contributed by atoms with van der Waals surface area (Å²) in [6, 6.07) is 17.2. The van der Waals surface area contributed by atoms with E-state index in [1.807, 2.05) is 55.5 Å². The van der Waals surface area contributed by atoms with E-state index in [0.717, 1.165) is 37.6 Å². The summed E-state index contributed by atoms with van der Waals surface area (Å²) in [7, 11) is 7.95. The van der Waals surface area contributed by atoms with Gasteiger partial charge < -0.3 is 23.7 Å². The number of methoxy groups -OCH3 is 5. The van der Waals surface area contributed by atoms with Gasteiger partial charge in [-0.05, 0) is 54.1 Å². The van der Waals surface area contributed by atoms with Crippen molar-refractivity contribution in [2.24, 2.45) is 0 Å². The zero-order valence-electron chi connectivity index (χ0n) is 20.6. The van der Waals surface area contributed by atoms with Crippen LogP contribution in [-0.4, -0.2) is 41.3 Å². The quantitative estimate of drug-likeness (QED) is 0.245. The summed E-state index contributed by atoms with van der Waals surface area (Å²) in [5.74, 6) is 2.47. The third kappa shape index (κ3) is 4.39. The van der Waals surface area contributed by atoms with Crippen LogP contribution in [0.1, 0.15) is 28.8 Å². The zero-order valence-corrected chi connectivity index (χ0v) is 21.4. The summed E-state index contributed by atoms with van der Waals surface area (Å²) in [6.07, 6.45) is 0. The Balaban J connectivity index is 1.89. The summed E-state index contributed by atoms with van der Waals surface area (Å²) in [6.45, 7) is 1.89. The molecule has 0 N–H and O–H groups in total. The number of carbonyl (C=O) groups is 1. The van der Waals surface area contributed by atoms with Crippen molar-refractivity contribution in [2.45, 2.75) is 12.8 Å². The van der Waals surface area contributed by atoms with Gasteiger partial charge in [-0.3, -0.25) is 4.79 Å². The Labute approximate surface area is 209 Å². The van der Waals surface area contributed by atoms with Crippen molar-refractivity contribution in [2.75, 3.05) is 35.5 Å². The Kier molecular flexibility index (Phi) is 7.17. The second-order valence-electron chi connectivity index (χ2n) is 7.91. The molecule has 35 heavy (non-hydrogen) atoms. The molecule has 0 aliphatic carbocycles. The lowest BCUT2D eigenvalue weighted by molar-refractivity contribution is 0.0967. The molecular weight excluding hydrogens is 464 g/mol. The number of hydrogen-bond donors (Lipinski definition) is 0. The maximum atomic E-state index is 14.1. The highest BCUT2D eigenvalue weighted by atomic mass is 32.1. The smallest absolute Gasteiger partial charge is 0.203 e. The summed E-state index contributed by atoms with van der Waals surface area (Å²) in [5.41, 5.74) is 2.34. The van der Waals surface area contributed by atoms with Crippen LogP contribution in [0.2, 0.25) is 0 Å². The molecule has 7 heteroatoms. The van der Waals surface area contributed by atoms with Crippen LogP contribution in [0.3, 0.4) is 0 Å². The molecule has 4 aromatic rings. The Morgan fingerprint density at radius 3 is 2.00 bits per heavy atom. The van der Waals surface area contributed by atoms with Gasteiger partial charge in [0.05, 0.1) is 35.5 Å². The molecule has 1 atom stereocenters. The molecule has 0 saturated heterocycles. The first-order valence-electron chi connectivity index (χ1n) is 11.0. The van der Waals surface area contributed by atoms with Gasteiger partial charge in [-0.15, -0.1) is 11.3 Å². The van der Waals surface area contributed by atoms with Gasteiger partial charge in [-0.25, -0.2) is 0 Å². The van der Waals surface area contributed by atoms with E-state index in [1.165, 1.54) is 0 Å². The van der Waals surface area contributed by atoms with Crippen LogP contribution in [-0.2, 0) is 0 Å². The average molecular weight is 493 g/mol. The topological polar surface area (TPSA) is 63.2 Å². The number of Topliss-reactive ketones (excluding diaryl/α,β-unsaturated/α-hetero) is 1. The molecule has 0 radical (unpaired) electrons. The maximum absolute atomic E-state index is 14.1. The highest BCUT2D eigenvalue weighted by Gasteiger charge is 2.29. The predicted molar refractivity (Wildman–Crippen MR) is 139 cm³/mol. The van der Waals surface area contributed by atoms with Crippen LogP contribution in [0.4, 0.5) is 0 Å². The Morgan fingerprint density at radius 1 is 0.743 bits per heavy atom. The minimum absolute atomic E-state index is 0.0160. The fraction of sp³-hybridized carbons (Fsp3) is 0.250. The van der Waals surface area contributed by atoms with Crippen molar-refractivity contribution in [1.29, 1.82) is 0 Å². The standard InChI is InChI=1S/C28H28O6S/c1-16(20-13-14-22(32-4)27(34-6)26(20)33-5)25(29)24-21-12-11-19(31-3)15-23(21)35-28(24)17-7-9-18(30-2)10-8-17/h7-16H,1-6H3. The third-order valence-electron chi connectivity index (χ3n) is 6.09. The van der Waals surface area contributed by atoms with E-state index in [2.05, 4.69) is 0 Å². The second kappa shape index (κ2) is 10.3. The summed E-state index contributed by atoms with van der Waals surface area (Å²) >= 11 is 1.57. The Bertz CT molecular complexity index is 1360. The molecule has 0 saturated carbocycles. The molecule has 1 unspecified atom stereocenters. The van der Waals surface area contributed by atoms with E-state index in [1.54, 1.807) is 53.0 Å². The summed E-state index contributed by atoms with van der Waals surface area (Å²) < 4.78 is 28.3. The van der Waals surface area contributed by atoms with Crippen LogP contribution in [0, 0.1) is 0 Å². The number of hydrogen-bond acceptors (Lipinski definition) is 7. The van der Waals surface area contributed by atoms with Crippen LogP contribution in [0.5, 0.6) is 28.7 Å². The zero-order chi connectivity index (χ0) is 25.1. The summed E-state index contributed by atoms with van der Waals surface area (Å²) in [5, 5.41) is 0.887. The van der Waals surface area contributed by atoms with Gasteiger partial charge in [0.1, 0.15) is 11.5 Å². The minimum atomic E-state index is -0.498. The van der Waals surface area contributed by atoms with Crippen LogP contribution >= 0.6 is 11.3 Å². The molecule has 3 aromatic carbocycles. The van der Waals surface area contributed by atoms with Gasteiger partial charge in [0, 0.05) is 32.0 Å². The lowest BCUT2D eigenvalue weighted by Gasteiger charge is -2.19. The molecule has 1 heterocycles. The molecule has 0 fully saturated rings. The molecule has 0 aliphatic heterocycles. The lowest BCUT2D eigenvalue weighted by Crippen LogP contribution is -2.12. The number of ketones is 1. The van der Waals surface area contributed by atoms with Gasteiger partial charge in [-0.1, -0.05) is 13.0 Å². The van der Waals surface area contributed by atoms with E-state index in [9.17, 15) is 4.79 Å². The van der Waals surface area contributed by atoms with E-state index in [-0.39, 0.29) is 5.78 Å². The van der Waals surface area contributed by atoms with Crippen LogP contribution in [0.25, 0.3) is 20.5 Å². The molecule has 182 valence electrons. The molecule has 0 spiro atoms. The highest BCUT2D eigenvalue weighted by molar-refractivity contribution is 7.22. The molecule has 1 aromatic heterocycles. The van der Waals surface area contributed by atoms with Gasteiger partial charge in [0.25, 0.3) is 0 Å². The number of rotatable bonds is 9. The Hall–Kier alpha value is -3.71. The van der Waals surface area contributed by atoms with Gasteiger partial charge in [-0.2, -0.15) is 0 Å². The van der Waals surface area contributed by atoms with Crippen LogP contribution < -0.4 is 23.7 Å². The lowest BCUT2D eigenvalue weighted by atomic mass is 9.89. The van der Waals surface area contributed by atoms with E-state index < -0.39 is 5.92 Å². The van der Waals surface area contributed by atoms with Gasteiger partial charge in [0.2, 0.25) is 5.75 Å². The third-order valence-corrected chi connectivity index (χ3v) is 7.29. The van der Waals surface area contributed by atoms with E-state index in [4.69, 9.17) is 23.7 Å². The first-order valence-corrected chi connectivity index (χ1v) is 11.9. The van der Waals surface area contributed by atoms with Crippen molar-refractivity contribution in [3.63, 3.8) is 0 Å². The monoisotopic (exact) mass is 492 g/mol. The second-order valence-corrected chi connectivity index (χ2v) is 8.96. The first-order chi connectivity index (χ1) is 17.0.